The van der Waals surface area contributed by atoms with E-state index in [9.17, 15) is 14.7 Å². The molecule has 0 spiro atoms. The minimum absolute atomic E-state index is 0.00906. The van der Waals surface area contributed by atoms with Crippen molar-refractivity contribution in [1.29, 1.82) is 0 Å². The Kier molecular flexibility index (Phi) is 4.69. The number of halogens is 1. The Labute approximate surface area is 145 Å². The van der Waals surface area contributed by atoms with Crippen molar-refractivity contribution >= 4 is 23.4 Å². The maximum atomic E-state index is 12.6. The van der Waals surface area contributed by atoms with Crippen molar-refractivity contribution in [2.45, 2.75) is 31.9 Å². The highest BCUT2D eigenvalue weighted by molar-refractivity contribution is 6.31. The fraction of sp³-hybridized carbons (Fsp3) is 0.529. The van der Waals surface area contributed by atoms with Crippen LogP contribution in [0.1, 0.15) is 28.8 Å². The predicted octanol–water partition coefficient (Wildman–Crippen LogP) is 1.82. The van der Waals surface area contributed by atoms with Crippen molar-refractivity contribution in [2.24, 2.45) is 0 Å². The molecule has 0 bridgehead atoms. The lowest BCUT2D eigenvalue weighted by Crippen LogP contribution is -2.62. The van der Waals surface area contributed by atoms with Gasteiger partial charge in [-0.1, -0.05) is 11.6 Å². The average molecular weight is 353 g/mol. The molecule has 24 heavy (non-hydrogen) atoms. The number of phenols is 1. The van der Waals surface area contributed by atoms with Gasteiger partial charge in [0.05, 0.1) is 11.6 Å². The van der Waals surface area contributed by atoms with Gasteiger partial charge in [-0.3, -0.25) is 9.59 Å². The molecule has 130 valence electrons. The summed E-state index contributed by atoms with van der Waals surface area (Å²) >= 11 is 5.95. The maximum Gasteiger partial charge on any atom is 0.257 e. The molecule has 0 aliphatic carbocycles. The Bertz CT molecular complexity index is 667. The summed E-state index contributed by atoms with van der Waals surface area (Å²) in [5, 5.41) is 10.6. The van der Waals surface area contributed by atoms with Crippen LogP contribution in [-0.2, 0) is 9.53 Å². The van der Waals surface area contributed by atoms with Crippen LogP contribution < -0.4 is 0 Å². The normalized spacial score (nSPS) is 20.8. The van der Waals surface area contributed by atoms with Crippen molar-refractivity contribution in [2.75, 3.05) is 26.7 Å². The number of nitrogens with zero attached hydrogens (tertiary/aromatic N) is 2. The monoisotopic (exact) mass is 352 g/mol. The lowest BCUT2D eigenvalue weighted by molar-refractivity contribution is -0.147. The topological polar surface area (TPSA) is 70.1 Å². The molecule has 2 saturated heterocycles. The number of likely N-dealkylation sites (tertiary alicyclic amines) is 1. The number of amides is 2. The Morgan fingerprint density at radius 1 is 1.38 bits per heavy atom. The van der Waals surface area contributed by atoms with Gasteiger partial charge in [-0.05, 0) is 31.9 Å². The number of benzene rings is 1. The summed E-state index contributed by atoms with van der Waals surface area (Å²) in [6, 6.07) is 3.07. The van der Waals surface area contributed by atoms with E-state index in [2.05, 4.69) is 0 Å². The molecule has 0 saturated carbocycles. The summed E-state index contributed by atoms with van der Waals surface area (Å²) in [6.45, 7) is 3.30. The maximum absolute atomic E-state index is 12.6. The van der Waals surface area contributed by atoms with Crippen LogP contribution in [-0.4, -0.2) is 65.6 Å². The van der Waals surface area contributed by atoms with Crippen molar-refractivity contribution in [1.82, 2.24) is 9.80 Å². The lowest BCUT2D eigenvalue weighted by atomic mass is 10.0. The Morgan fingerprint density at radius 3 is 2.71 bits per heavy atom. The van der Waals surface area contributed by atoms with E-state index in [0.29, 0.717) is 30.3 Å². The van der Waals surface area contributed by atoms with E-state index in [4.69, 9.17) is 16.3 Å². The summed E-state index contributed by atoms with van der Waals surface area (Å²) < 4.78 is 5.41. The van der Waals surface area contributed by atoms with Gasteiger partial charge in [-0.2, -0.15) is 0 Å². The number of hydrogen-bond acceptors (Lipinski definition) is 4. The van der Waals surface area contributed by atoms with E-state index in [1.165, 1.54) is 6.07 Å². The number of ether oxygens (including phenoxy) is 1. The SMILES string of the molecule is Cc1c(Cl)ccc(C(=O)N(C)C2CN(C(=O)[C@@H]3CCCO3)C2)c1O. The van der Waals surface area contributed by atoms with Crippen LogP contribution >= 0.6 is 11.6 Å². The molecule has 7 heteroatoms. The van der Waals surface area contributed by atoms with Crippen LogP contribution in [0.2, 0.25) is 5.02 Å². The van der Waals surface area contributed by atoms with E-state index in [-0.39, 0.29) is 35.3 Å². The number of rotatable bonds is 3. The smallest absolute Gasteiger partial charge is 0.257 e. The van der Waals surface area contributed by atoms with Crippen molar-refractivity contribution < 1.29 is 19.4 Å². The van der Waals surface area contributed by atoms with E-state index in [1.807, 2.05) is 0 Å². The second-order valence-corrected chi connectivity index (χ2v) is 6.79. The van der Waals surface area contributed by atoms with Crippen LogP contribution in [0.15, 0.2) is 12.1 Å². The van der Waals surface area contributed by atoms with E-state index < -0.39 is 0 Å². The lowest BCUT2D eigenvalue weighted by Gasteiger charge is -2.44. The molecule has 2 aliphatic rings. The first-order valence-corrected chi connectivity index (χ1v) is 8.43. The third-order valence-electron chi connectivity index (χ3n) is 4.84. The Morgan fingerprint density at radius 2 is 2.08 bits per heavy atom. The fourth-order valence-corrected chi connectivity index (χ4v) is 3.21. The molecule has 1 N–H and O–H groups in total. The molecule has 6 nitrogen and oxygen atoms in total. The molecule has 0 radical (unpaired) electrons. The highest BCUT2D eigenvalue weighted by Crippen LogP contribution is 2.30. The average Bonchev–Trinajstić information content (AvgIpc) is 3.05. The molecule has 1 aromatic rings. The van der Waals surface area contributed by atoms with Gasteiger partial charge in [-0.15, -0.1) is 0 Å². The van der Waals surface area contributed by atoms with Gasteiger partial charge in [0.25, 0.3) is 11.8 Å². The molecule has 1 aromatic carbocycles. The Hall–Kier alpha value is -1.79. The van der Waals surface area contributed by atoms with Crippen molar-refractivity contribution in [3.63, 3.8) is 0 Å². The second kappa shape index (κ2) is 6.61. The largest absolute Gasteiger partial charge is 0.507 e. The quantitative estimate of drug-likeness (QED) is 0.900. The minimum atomic E-state index is -0.324. The van der Waals surface area contributed by atoms with Crippen LogP contribution in [0.5, 0.6) is 5.75 Å². The number of aromatic hydroxyl groups is 1. The first-order chi connectivity index (χ1) is 11.4. The number of hydrogen-bond donors (Lipinski definition) is 1. The molecule has 0 unspecified atom stereocenters. The van der Waals surface area contributed by atoms with Gasteiger partial charge in [0.1, 0.15) is 11.9 Å². The molecular formula is C17H21ClN2O4. The van der Waals surface area contributed by atoms with Gasteiger partial charge in [0.2, 0.25) is 0 Å². The van der Waals surface area contributed by atoms with Crippen molar-refractivity contribution in [3.05, 3.63) is 28.3 Å². The van der Waals surface area contributed by atoms with Gasteiger partial charge >= 0.3 is 0 Å². The molecule has 2 heterocycles. The van der Waals surface area contributed by atoms with Gasteiger partial charge in [0, 0.05) is 37.3 Å². The molecular weight excluding hydrogens is 332 g/mol. The second-order valence-electron chi connectivity index (χ2n) is 6.38. The standard InChI is InChI=1S/C17H21ClN2O4/c1-10-13(18)6-5-12(15(10)21)16(22)19(2)11-8-20(9-11)17(23)14-4-3-7-24-14/h5-6,11,14,21H,3-4,7-9H2,1-2H3/t14-/m0/s1. The summed E-state index contributed by atoms with van der Waals surface area (Å²) in [7, 11) is 1.68. The fourth-order valence-electron chi connectivity index (χ4n) is 3.06. The summed E-state index contributed by atoms with van der Waals surface area (Å²) in [4.78, 5) is 28.1. The van der Waals surface area contributed by atoms with Crippen LogP contribution in [0.25, 0.3) is 0 Å². The first kappa shape index (κ1) is 17.0. The van der Waals surface area contributed by atoms with Crippen LogP contribution in [0, 0.1) is 6.92 Å². The van der Waals surface area contributed by atoms with Gasteiger partial charge in [-0.25, -0.2) is 0 Å². The van der Waals surface area contributed by atoms with E-state index in [1.54, 1.807) is 29.8 Å². The highest BCUT2D eigenvalue weighted by Gasteiger charge is 2.39. The first-order valence-electron chi connectivity index (χ1n) is 8.05. The highest BCUT2D eigenvalue weighted by atomic mass is 35.5. The molecule has 2 fully saturated rings. The number of carbonyl (C=O) groups is 2. The third-order valence-corrected chi connectivity index (χ3v) is 5.25. The molecule has 2 aliphatic heterocycles. The van der Waals surface area contributed by atoms with Gasteiger partial charge in [0.15, 0.2) is 0 Å². The molecule has 1 atom stereocenters. The Balaban J connectivity index is 1.62. The summed E-state index contributed by atoms with van der Waals surface area (Å²) in [5.74, 6) is -0.359. The zero-order chi connectivity index (χ0) is 17.4. The summed E-state index contributed by atoms with van der Waals surface area (Å²) in [5.41, 5.74) is 0.711. The van der Waals surface area contributed by atoms with E-state index in [0.717, 1.165) is 12.8 Å². The molecule has 0 aromatic heterocycles. The zero-order valence-electron chi connectivity index (χ0n) is 13.8. The van der Waals surface area contributed by atoms with Crippen LogP contribution in [0.4, 0.5) is 0 Å². The summed E-state index contributed by atoms with van der Waals surface area (Å²) in [6.07, 6.45) is 1.36. The minimum Gasteiger partial charge on any atom is -0.507 e. The number of phenolic OH excluding ortho intramolecular Hbond substituents is 1. The van der Waals surface area contributed by atoms with E-state index >= 15 is 0 Å². The predicted molar refractivity (Wildman–Crippen MR) is 89.3 cm³/mol. The third kappa shape index (κ3) is 2.96. The van der Waals surface area contributed by atoms with Gasteiger partial charge < -0.3 is 19.6 Å². The molecule has 2 amide bonds. The molecule has 3 rings (SSSR count). The van der Waals surface area contributed by atoms with Crippen molar-refractivity contribution in [3.8, 4) is 5.75 Å². The number of likely N-dealkylation sites (N-methyl/N-ethyl adjacent to an activating group) is 1. The van der Waals surface area contributed by atoms with Crippen LogP contribution in [0.3, 0.4) is 0 Å². The zero-order valence-corrected chi connectivity index (χ0v) is 14.5. The number of carbonyl (C=O) groups excluding carboxylic acids is 2.